The van der Waals surface area contributed by atoms with E-state index in [1.165, 1.54) is 12.1 Å². The van der Waals surface area contributed by atoms with Gasteiger partial charge in [-0.3, -0.25) is 10.3 Å². The Bertz CT molecular complexity index is 1180. The number of urea groups is 1. The molecule has 0 unspecified atom stereocenters. The van der Waals surface area contributed by atoms with Gasteiger partial charge in [-0.15, -0.1) is 0 Å². The second-order valence-electron chi connectivity index (χ2n) is 8.52. The highest BCUT2D eigenvalue weighted by molar-refractivity contribution is 5.92. The number of nitrogens with one attached hydrogen (secondary N) is 1. The topological polar surface area (TPSA) is 90.6 Å². The van der Waals surface area contributed by atoms with E-state index in [4.69, 9.17) is 5.73 Å². The summed E-state index contributed by atoms with van der Waals surface area (Å²) >= 11 is 0. The highest BCUT2D eigenvalue weighted by Gasteiger charge is 2.26. The van der Waals surface area contributed by atoms with Gasteiger partial charge in [0.15, 0.2) is 5.82 Å². The van der Waals surface area contributed by atoms with Gasteiger partial charge < -0.3 is 20.4 Å². The molecule has 2 aromatic heterocycles. The first-order valence-corrected chi connectivity index (χ1v) is 11.0. The third-order valence-corrected chi connectivity index (χ3v) is 6.19. The molecule has 1 aromatic carbocycles. The van der Waals surface area contributed by atoms with Gasteiger partial charge in [0, 0.05) is 38.3 Å². The first kappa shape index (κ1) is 21.1. The zero-order valence-electron chi connectivity index (χ0n) is 18.5. The summed E-state index contributed by atoms with van der Waals surface area (Å²) in [4.78, 5) is 28.4. The van der Waals surface area contributed by atoms with Crippen LogP contribution in [0.3, 0.4) is 0 Å². The van der Waals surface area contributed by atoms with Crippen LogP contribution in [-0.4, -0.2) is 59.0 Å². The van der Waals surface area contributed by atoms with Crippen LogP contribution in [0.2, 0.25) is 0 Å². The first-order chi connectivity index (χ1) is 16.0. The number of amides is 2. The van der Waals surface area contributed by atoms with Gasteiger partial charge in [0.2, 0.25) is 0 Å². The zero-order chi connectivity index (χ0) is 22.9. The Balaban J connectivity index is 1.28. The number of nitrogens with two attached hydrogens (primary N) is 1. The fourth-order valence-corrected chi connectivity index (χ4v) is 4.16. The van der Waals surface area contributed by atoms with Crippen molar-refractivity contribution < 1.29 is 9.18 Å². The van der Waals surface area contributed by atoms with Crippen LogP contribution in [0.15, 0.2) is 48.7 Å². The summed E-state index contributed by atoms with van der Waals surface area (Å²) in [5.74, 6) is -0.0374. The van der Waals surface area contributed by atoms with Crippen LogP contribution in [0.25, 0.3) is 11.3 Å². The summed E-state index contributed by atoms with van der Waals surface area (Å²) in [6.07, 6.45) is 1.90. The van der Waals surface area contributed by atoms with Crippen molar-refractivity contribution in [1.29, 1.82) is 0 Å². The molecule has 2 amide bonds. The molecule has 1 fully saturated rings. The van der Waals surface area contributed by atoms with Gasteiger partial charge in [0.1, 0.15) is 5.82 Å². The van der Waals surface area contributed by atoms with Crippen LogP contribution in [0, 0.1) is 5.82 Å². The second-order valence-corrected chi connectivity index (χ2v) is 8.52. The maximum atomic E-state index is 13.2. The Labute approximate surface area is 191 Å². The first-order valence-electron chi connectivity index (χ1n) is 11.0. The van der Waals surface area contributed by atoms with Gasteiger partial charge >= 0.3 is 6.03 Å². The Hall–Kier alpha value is -3.72. The number of carbonyl (C=O) groups excluding carboxylic acids is 1. The zero-order valence-corrected chi connectivity index (χ0v) is 18.5. The summed E-state index contributed by atoms with van der Waals surface area (Å²) in [6.45, 7) is 4.90. The van der Waals surface area contributed by atoms with Crippen LogP contribution in [-0.2, 0) is 13.1 Å². The molecule has 3 N–H and O–H groups in total. The highest BCUT2D eigenvalue weighted by atomic mass is 19.1. The highest BCUT2D eigenvalue weighted by Crippen LogP contribution is 2.28. The van der Waals surface area contributed by atoms with Crippen LogP contribution in [0.1, 0.15) is 11.3 Å². The van der Waals surface area contributed by atoms with Gasteiger partial charge in [-0.25, -0.2) is 14.2 Å². The lowest BCUT2D eigenvalue weighted by molar-refractivity contribution is 0.212. The molecule has 4 heterocycles. The minimum absolute atomic E-state index is 0.281. The molecule has 0 saturated carbocycles. The number of likely N-dealkylation sites (N-methyl/N-ethyl adjacent to an activating group) is 1. The number of fused-ring (bicyclic) bond motifs is 1. The Morgan fingerprint density at radius 3 is 2.58 bits per heavy atom. The average Bonchev–Trinajstić information content (AvgIpc) is 3.25. The van der Waals surface area contributed by atoms with Crippen molar-refractivity contribution in [3.63, 3.8) is 0 Å². The Morgan fingerprint density at radius 2 is 1.82 bits per heavy atom. The smallest absolute Gasteiger partial charge is 0.323 e. The number of nitrogen functional groups attached to an aromatic ring is 1. The summed E-state index contributed by atoms with van der Waals surface area (Å²) in [6, 6.07) is 11.3. The number of benzene rings is 1. The van der Waals surface area contributed by atoms with Crippen LogP contribution in [0.4, 0.5) is 26.4 Å². The standard InChI is InChI=1S/C24H26FN7O/c1-30-8-10-31(11-9-30)19-12-17-14-32(15-22(17)27-13-19)24(33)29-23-20(26)6-7-21(28-23)16-2-4-18(25)5-3-16/h2-7,12-13H,8-11,14-15,26H2,1H3,(H,28,29,33). The number of halogens is 1. The van der Waals surface area contributed by atoms with Gasteiger partial charge in [0.05, 0.1) is 35.5 Å². The number of rotatable bonds is 3. The maximum Gasteiger partial charge on any atom is 0.323 e. The molecule has 170 valence electrons. The number of hydrogen-bond acceptors (Lipinski definition) is 6. The number of anilines is 3. The maximum absolute atomic E-state index is 13.2. The van der Waals surface area contributed by atoms with E-state index in [1.54, 1.807) is 29.2 Å². The predicted octanol–water partition coefficient (Wildman–Crippen LogP) is 3.16. The van der Waals surface area contributed by atoms with E-state index in [0.29, 0.717) is 24.5 Å². The van der Waals surface area contributed by atoms with Gasteiger partial charge in [0.25, 0.3) is 0 Å². The molecule has 9 heteroatoms. The monoisotopic (exact) mass is 447 g/mol. The molecular weight excluding hydrogens is 421 g/mol. The molecule has 8 nitrogen and oxygen atoms in total. The normalized spacial score (nSPS) is 16.1. The molecule has 0 aliphatic carbocycles. The molecule has 2 aliphatic rings. The molecule has 0 atom stereocenters. The molecule has 1 saturated heterocycles. The summed E-state index contributed by atoms with van der Waals surface area (Å²) < 4.78 is 13.2. The van der Waals surface area contributed by atoms with Crippen molar-refractivity contribution in [2.24, 2.45) is 0 Å². The molecule has 5 rings (SSSR count). The quantitative estimate of drug-likeness (QED) is 0.641. The molecule has 0 spiro atoms. The van der Waals surface area contributed by atoms with E-state index in [9.17, 15) is 9.18 Å². The van der Waals surface area contributed by atoms with Crippen molar-refractivity contribution in [3.8, 4) is 11.3 Å². The number of pyridine rings is 2. The van der Waals surface area contributed by atoms with Gasteiger partial charge in [-0.2, -0.15) is 0 Å². The van der Waals surface area contributed by atoms with Crippen LogP contribution in [0.5, 0.6) is 0 Å². The van der Waals surface area contributed by atoms with Crippen molar-refractivity contribution in [1.82, 2.24) is 19.8 Å². The molecule has 0 bridgehead atoms. The summed E-state index contributed by atoms with van der Waals surface area (Å²) in [5, 5.41) is 2.82. The second kappa shape index (κ2) is 8.67. The Kier molecular flexibility index (Phi) is 5.55. The lowest BCUT2D eigenvalue weighted by Gasteiger charge is -2.34. The van der Waals surface area contributed by atoms with E-state index >= 15 is 0 Å². The molecule has 33 heavy (non-hydrogen) atoms. The third-order valence-electron chi connectivity index (χ3n) is 6.19. The van der Waals surface area contributed by atoms with Crippen molar-refractivity contribution >= 4 is 23.2 Å². The van der Waals surface area contributed by atoms with Crippen molar-refractivity contribution in [3.05, 3.63) is 65.7 Å². The lowest BCUT2D eigenvalue weighted by Crippen LogP contribution is -2.44. The van der Waals surface area contributed by atoms with Crippen molar-refractivity contribution in [2.45, 2.75) is 13.1 Å². The minimum atomic E-state index is -0.319. The number of aromatic nitrogens is 2. The van der Waals surface area contributed by atoms with Crippen molar-refractivity contribution in [2.75, 3.05) is 49.2 Å². The van der Waals surface area contributed by atoms with Gasteiger partial charge in [-0.1, -0.05) is 0 Å². The average molecular weight is 448 g/mol. The number of nitrogens with zero attached hydrogens (tertiary/aromatic N) is 5. The SMILES string of the molecule is CN1CCN(c2cnc3c(c2)CN(C(=O)Nc2nc(-c4ccc(F)cc4)ccc2N)C3)CC1. The van der Waals surface area contributed by atoms with E-state index in [-0.39, 0.29) is 17.7 Å². The lowest BCUT2D eigenvalue weighted by atomic mass is 10.1. The largest absolute Gasteiger partial charge is 0.396 e. The minimum Gasteiger partial charge on any atom is -0.396 e. The summed E-state index contributed by atoms with van der Waals surface area (Å²) in [5.41, 5.74) is 10.8. The molecule has 0 radical (unpaired) electrons. The third kappa shape index (κ3) is 4.45. The Morgan fingerprint density at radius 1 is 1.06 bits per heavy atom. The fourth-order valence-electron chi connectivity index (χ4n) is 4.16. The van der Waals surface area contributed by atoms with Crippen LogP contribution < -0.4 is 16.0 Å². The van der Waals surface area contributed by atoms with E-state index in [2.05, 4.69) is 38.2 Å². The van der Waals surface area contributed by atoms with E-state index in [0.717, 1.165) is 48.7 Å². The predicted molar refractivity (Wildman–Crippen MR) is 126 cm³/mol. The fraction of sp³-hybridized carbons (Fsp3) is 0.292. The number of carbonyl (C=O) groups is 1. The number of piperazine rings is 1. The molecule has 3 aromatic rings. The van der Waals surface area contributed by atoms with Crippen LogP contribution >= 0.6 is 0 Å². The summed E-state index contributed by atoms with van der Waals surface area (Å²) in [7, 11) is 2.13. The van der Waals surface area contributed by atoms with Gasteiger partial charge in [-0.05, 0) is 55.1 Å². The molecule has 2 aliphatic heterocycles. The number of hydrogen-bond donors (Lipinski definition) is 2. The molecular formula is C24H26FN7O. The van der Waals surface area contributed by atoms with E-state index in [1.807, 2.05) is 6.20 Å². The van der Waals surface area contributed by atoms with E-state index < -0.39 is 0 Å².